The third kappa shape index (κ3) is 6.17. The highest BCUT2D eigenvalue weighted by atomic mass is 16.2. The Morgan fingerprint density at radius 2 is 1.90 bits per heavy atom. The van der Waals surface area contributed by atoms with Gasteiger partial charge in [-0.05, 0) is 18.4 Å². The summed E-state index contributed by atoms with van der Waals surface area (Å²) in [4.78, 5) is 14.1. The molecule has 0 saturated carbocycles. The predicted octanol–water partition coefficient (Wildman–Crippen LogP) is 1.61. The first kappa shape index (κ1) is 16.7. The highest BCUT2D eigenvalue weighted by molar-refractivity contribution is 5.78. The van der Waals surface area contributed by atoms with Crippen LogP contribution >= 0.6 is 0 Å². The van der Waals surface area contributed by atoms with E-state index >= 15 is 0 Å². The van der Waals surface area contributed by atoms with Crippen molar-refractivity contribution in [3.8, 4) is 0 Å². The fourth-order valence-corrected chi connectivity index (χ4v) is 1.91. The summed E-state index contributed by atoms with van der Waals surface area (Å²) in [6.45, 7) is 8.66. The second-order valence-electron chi connectivity index (χ2n) is 5.59. The average molecular weight is 277 g/mol. The highest BCUT2D eigenvalue weighted by Crippen LogP contribution is 2.04. The van der Waals surface area contributed by atoms with Crippen LogP contribution in [0.1, 0.15) is 26.3 Å². The molecule has 1 unspecified atom stereocenters. The fraction of sp³-hybridized carbons (Fsp3) is 0.562. The largest absolute Gasteiger partial charge is 0.352 e. The molecule has 4 heteroatoms. The van der Waals surface area contributed by atoms with Crippen molar-refractivity contribution in [2.45, 2.75) is 33.4 Å². The Morgan fingerprint density at radius 1 is 1.25 bits per heavy atom. The molecule has 0 fully saturated rings. The SMILES string of the molecule is CC(C)C(C)NC(=O)CN(CCN)Cc1ccccc1. The number of benzene rings is 1. The van der Waals surface area contributed by atoms with Crippen molar-refractivity contribution in [3.63, 3.8) is 0 Å². The second kappa shape index (κ2) is 8.72. The van der Waals surface area contributed by atoms with Crippen LogP contribution in [0.3, 0.4) is 0 Å². The van der Waals surface area contributed by atoms with Gasteiger partial charge in [0.05, 0.1) is 6.54 Å². The lowest BCUT2D eigenvalue weighted by Crippen LogP contribution is -2.43. The standard InChI is InChI=1S/C16H27N3O/c1-13(2)14(3)18-16(20)12-19(10-9-17)11-15-7-5-4-6-8-15/h4-8,13-14H,9-12,17H2,1-3H3,(H,18,20). The average Bonchev–Trinajstić information content (AvgIpc) is 2.39. The fourth-order valence-electron chi connectivity index (χ4n) is 1.91. The number of nitrogens with one attached hydrogen (secondary N) is 1. The molecule has 0 heterocycles. The lowest BCUT2D eigenvalue weighted by Gasteiger charge is -2.23. The Hall–Kier alpha value is -1.39. The summed E-state index contributed by atoms with van der Waals surface area (Å²) in [5.41, 5.74) is 6.83. The smallest absolute Gasteiger partial charge is 0.234 e. The lowest BCUT2D eigenvalue weighted by atomic mass is 10.1. The molecular formula is C16H27N3O. The zero-order valence-corrected chi connectivity index (χ0v) is 12.8. The molecule has 4 nitrogen and oxygen atoms in total. The molecule has 1 atom stereocenters. The molecule has 0 aliphatic carbocycles. The number of nitrogens with two attached hydrogens (primary N) is 1. The second-order valence-corrected chi connectivity index (χ2v) is 5.59. The number of nitrogens with zero attached hydrogens (tertiary/aromatic N) is 1. The Kier molecular flexibility index (Phi) is 7.26. The summed E-state index contributed by atoms with van der Waals surface area (Å²) in [6, 6.07) is 10.3. The van der Waals surface area contributed by atoms with Gasteiger partial charge in [0.2, 0.25) is 5.91 Å². The van der Waals surface area contributed by atoms with Gasteiger partial charge < -0.3 is 11.1 Å². The summed E-state index contributed by atoms with van der Waals surface area (Å²) < 4.78 is 0. The van der Waals surface area contributed by atoms with E-state index in [1.807, 2.05) is 25.1 Å². The summed E-state index contributed by atoms with van der Waals surface area (Å²) >= 11 is 0. The van der Waals surface area contributed by atoms with Gasteiger partial charge in [-0.3, -0.25) is 9.69 Å². The zero-order chi connectivity index (χ0) is 15.0. The van der Waals surface area contributed by atoms with Gasteiger partial charge in [0.1, 0.15) is 0 Å². The predicted molar refractivity (Wildman–Crippen MR) is 83.2 cm³/mol. The molecule has 0 saturated heterocycles. The number of rotatable bonds is 8. The van der Waals surface area contributed by atoms with Crippen LogP contribution in [0.2, 0.25) is 0 Å². The normalized spacial score (nSPS) is 12.7. The van der Waals surface area contributed by atoms with Crippen molar-refractivity contribution in [2.24, 2.45) is 11.7 Å². The van der Waals surface area contributed by atoms with Crippen LogP contribution in [-0.2, 0) is 11.3 Å². The Morgan fingerprint density at radius 3 is 2.45 bits per heavy atom. The molecule has 0 aromatic heterocycles. The zero-order valence-electron chi connectivity index (χ0n) is 12.8. The highest BCUT2D eigenvalue weighted by Gasteiger charge is 2.14. The minimum Gasteiger partial charge on any atom is -0.352 e. The van der Waals surface area contributed by atoms with Crippen molar-refractivity contribution in [1.82, 2.24) is 10.2 Å². The molecule has 1 aromatic rings. The van der Waals surface area contributed by atoms with E-state index in [1.165, 1.54) is 5.56 Å². The molecule has 112 valence electrons. The maximum atomic E-state index is 12.0. The van der Waals surface area contributed by atoms with Crippen molar-refractivity contribution in [3.05, 3.63) is 35.9 Å². The number of hydrogen-bond acceptors (Lipinski definition) is 3. The minimum absolute atomic E-state index is 0.0654. The van der Waals surface area contributed by atoms with E-state index in [4.69, 9.17) is 5.73 Å². The van der Waals surface area contributed by atoms with Gasteiger partial charge in [-0.1, -0.05) is 44.2 Å². The number of carbonyl (C=O) groups is 1. The summed E-state index contributed by atoms with van der Waals surface area (Å²) in [7, 11) is 0. The van der Waals surface area contributed by atoms with E-state index in [0.717, 1.165) is 13.1 Å². The number of amides is 1. The van der Waals surface area contributed by atoms with Crippen molar-refractivity contribution in [2.75, 3.05) is 19.6 Å². The van der Waals surface area contributed by atoms with Crippen LogP contribution in [0.15, 0.2) is 30.3 Å². The molecule has 20 heavy (non-hydrogen) atoms. The van der Waals surface area contributed by atoms with Crippen LogP contribution in [0.5, 0.6) is 0 Å². The summed E-state index contributed by atoms with van der Waals surface area (Å²) in [5, 5.41) is 3.03. The Labute approximate surface area is 122 Å². The van der Waals surface area contributed by atoms with E-state index in [0.29, 0.717) is 19.0 Å². The summed E-state index contributed by atoms with van der Waals surface area (Å²) in [5.74, 6) is 0.506. The minimum atomic E-state index is 0.0654. The first-order chi connectivity index (χ1) is 9.52. The van der Waals surface area contributed by atoms with Gasteiger partial charge in [0, 0.05) is 25.7 Å². The summed E-state index contributed by atoms with van der Waals surface area (Å²) in [6.07, 6.45) is 0. The van der Waals surface area contributed by atoms with Crippen molar-refractivity contribution in [1.29, 1.82) is 0 Å². The van der Waals surface area contributed by atoms with Crippen LogP contribution in [0, 0.1) is 5.92 Å². The molecule has 0 bridgehead atoms. The van der Waals surface area contributed by atoms with Crippen LogP contribution < -0.4 is 11.1 Å². The van der Waals surface area contributed by atoms with Gasteiger partial charge in [-0.25, -0.2) is 0 Å². The Bertz CT molecular complexity index is 392. The van der Waals surface area contributed by atoms with Crippen molar-refractivity contribution < 1.29 is 4.79 Å². The van der Waals surface area contributed by atoms with E-state index in [1.54, 1.807) is 0 Å². The van der Waals surface area contributed by atoms with Crippen LogP contribution in [-0.4, -0.2) is 36.5 Å². The van der Waals surface area contributed by atoms with Crippen molar-refractivity contribution >= 4 is 5.91 Å². The van der Waals surface area contributed by atoms with E-state index < -0.39 is 0 Å². The molecule has 1 amide bonds. The monoisotopic (exact) mass is 277 g/mol. The van der Waals surface area contributed by atoms with E-state index in [9.17, 15) is 4.79 Å². The molecule has 0 spiro atoms. The molecule has 0 radical (unpaired) electrons. The molecule has 0 aliphatic heterocycles. The van der Waals surface area contributed by atoms with Gasteiger partial charge in [0.15, 0.2) is 0 Å². The molecule has 3 N–H and O–H groups in total. The molecule has 0 aliphatic rings. The van der Waals surface area contributed by atoms with Gasteiger partial charge in [-0.15, -0.1) is 0 Å². The molecule has 1 aromatic carbocycles. The number of carbonyl (C=O) groups excluding carboxylic acids is 1. The van der Waals surface area contributed by atoms with Crippen LogP contribution in [0.25, 0.3) is 0 Å². The van der Waals surface area contributed by atoms with Crippen LogP contribution in [0.4, 0.5) is 0 Å². The van der Waals surface area contributed by atoms with E-state index in [2.05, 4.69) is 36.2 Å². The Balaban J connectivity index is 2.52. The van der Waals surface area contributed by atoms with E-state index in [-0.39, 0.29) is 11.9 Å². The van der Waals surface area contributed by atoms with Gasteiger partial charge in [-0.2, -0.15) is 0 Å². The maximum absolute atomic E-state index is 12.0. The third-order valence-corrected chi connectivity index (χ3v) is 3.45. The molecular weight excluding hydrogens is 250 g/mol. The molecule has 1 rings (SSSR count). The first-order valence-corrected chi connectivity index (χ1v) is 7.28. The quantitative estimate of drug-likeness (QED) is 0.759. The lowest BCUT2D eigenvalue weighted by molar-refractivity contribution is -0.123. The number of hydrogen-bond donors (Lipinski definition) is 2. The maximum Gasteiger partial charge on any atom is 0.234 e. The topological polar surface area (TPSA) is 58.4 Å². The van der Waals surface area contributed by atoms with Gasteiger partial charge in [0.25, 0.3) is 0 Å². The third-order valence-electron chi connectivity index (χ3n) is 3.45. The van der Waals surface area contributed by atoms with Gasteiger partial charge >= 0.3 is 0 Å². The first-order valence-electron chi connectivity index (χ1n) is 7.28.